The van der Waals surface area contributed by atoms with E-state index in [1.807, 2.05) is 0 Å². The van der Waals surface area contributed by atoms with Gasteiger partial charge >= 0.3 is 0 Å². The normalized spacial score (nSPS) is 26.1. The summed E-state index contributed by atoms with van der Waals surface area (Å²) in [6.45, 7) is 5.05. The summed E-state index contributed by atoms with van der Waals surface area (Å²) in [6.07, 6.45) is 8.49. The topological polar surface area (TPSA) is 21.7 Å². The lowest BCUT2D eigenvalue weighted by molar-refractivity contribution is -0.107. The number of methoxy groups -OCH3 is 1. The van der Waals surface area contributed by atoms with Gasteiger partial charge in [-0.05, 0) is 101 Å². The Balaban J connectivity index is 1.37. The highest BCUT2D eigenvalue weighted by Crippen LogP contribution is 2.73. The highest BCUT2D eigenvalue weighted by atomic mass is 16.5. The minimum Gasteiger partial charge on any atom is -0.497 e. The van der Waals surface area contributed by atoms with Crippen molar-refractivity contribution in [1.29, 1.82) is 0 Å². The molecule has 0 radical (unpaired) electrons. The van der Waals surface area contributed by atoms with Crippen molar-refractivity contribution in [2.75, 3.05) is 26.1 Å². The van der Waals surface area contributed by atoms with Crippen LogP contribution in [-0.4, -0.2) is 21.2 Å². The zero-order valence-electron chi connectivity index (χ0n) is 27.4. The van der Waals surface area contributed by atoms with E-state index in [1.165, 1.54) is 58.2 Å². The Bertz CT molecular complexity index is 2060. The van der Waals surface area contributed by atoms with Crippen LogP contribution < -0.4 is 14.4 Å². The lowest BCUT2D eigenvalue weighted by Crippen LogP contribution is -2.59. The number of anilines is 1. The number of ether oxygens (including phenoxy) is 2. The molecule has 46 heavy (non-hydrogen) atoms. The van der Waals surface area contributed by atoms with Crippen LogP contribution in [0.1, 0.15) is 60.9 Å². The average molecular weight is 604 g/mol. The molecule has 3 fully saturated rings. The quantitative estimate of drug-likeness (QED) is 0.204. The molecule has 1 heterocycles. The molecular weight excluding hydrogens is 562 g/mol. The molecule has 0 saturated heterocycles. The van der Waals surface area contributed by atoms with Crippen molar-refractivity contribution in [3.63, 3.8) is 0 Å². The monoisotopic (exact) mass is 603 g/mol. The lowest BCUT2D eigenvalue weighted by atomic mass is 9.39. The minimum absolute atomic E-state index is 0.0316. The molecule has 1 aliphatic heterocycles. The van der Waals surface area contributed by atoms with Crippen molar-refractivity contribution >= 4 is 22.5 Å². The zero-order valence-corrected chi connectivity index (χ0v) is 27.4. The van der Waals surface area contributed by atoms with Crippen molar-refractivity contribution in [1.82, 2.24) is 0 Å². The van der Waals surface area contributed by atoms with E-state index in [4.69, 9.17) is 9.47 Å². The fraction of sp³-hybridized carbons (Fsp3) is 0.302. The molecule has 0 aromatic heterocycles. The number of fused-ring (bicyclic) bond motifs is 9. The molecule has 0 N–H and O–H groups in total. The smallest absolute Gasteiger partial charge is 0.178 e. The molecule has 4 aliphatic carbocycles. The predicted molar refractivity (Wildman–Crippen MR) is 189 cm³/mol. The first kappa shape index (κ1) is 27.8. The Morgan fingerprint density at radius 3 is 2.28 bits per heavy atom. The van der Waals surface area contributed by atoms with E-state index in [0.29, 0.717) is 11.3 Å². The summed E-state index contributed by atoms with van der Waals surface area (Å²) in [5, 5.41) is 2.36. The van der Waals surface area contributed by atoms with Gasteiger partial charge in [0.05, 0.1) is 7.11 Å². The first-order chi connectivity index (χ1) is 22.3. The van der Waals surface area contributed by atoms with Crippen molar-refractivity contribution in [2.24, 2.45) is 17.3 Å². The second kappa shape index (κ2) is 9.51. The number of rotatable bonds is 4. The Morgan fingerprint density at radius 2 is 1.57 bits per heavy atom. The molecule has 5 aliphatic rings. The second-order valence-electron chi connectivity index (χ2n) is 14.7. The van der Waals surface area contributed by atoms with E-state index in [0.717, 1.165) is 33.9 Å². The molecule has 4 atom stereocenters. The van der Waals surface area contributed by atoms with Gasteiger partial charge in [-0.25, -0.2) is 0 Å². The van der Waals surface area contributed by atoms with Crippen LogP contribution in [0, 0.1) is 17.3 Å². The molecule has 3 saturated carbocycles. The van der Waals surface area contributed by atoms with Gasteiger partial charge in [-0.15, -0.1) is 0 Å². The summed E-state index contributed by atoms with van der Waals surface area (Å²) >= 11 is 0. The molecule has 3 heteroatoms. The summed E-state index contributed by atoms with van der Waals surface area (Å²) in [6, 6.07) is 35.4. The van der Waals surface area contributed by atoms with Gasteiger partial charge in [-0.3, -0.25) is 0 Å². The maximum absolute atomic E-state index is 7.61. The molecule has 3 nitrogen and oxygen atoms in total. The van der Waals surface area contributed by atoms with E-state index in [1.54, 1.807) is 7.11 Å². The van der Waals surface area contributed by atoms with E-state index in [9.17, 15) is 0 Å². The van der Waals surface area contributed by atoms with Gasteiger partial charge < -0.3 is 14.4 Å². The Kier molecular flexibility index (Phi) is 5.75. The van der Waals surface area contributed by atoms with Crippen LogP contribution in [0.5, 0.6) is 11.5 Å². The molecule has 0 amide bonds. The summed E-state index contributed by atoms with van der Waals surface area (Å²) in [5.74, 6) is 3.20. The van der Waals surface area contributed by atoms with Crippen LogP contribution in [0.25, 0.3) is 28.0 Å². The van der Waals surface area contributed by atoms with Gasteiger partial charge in [0.2, 0.25) is 0 Å². The van der Waals surface area contributed by atoms with E-state index in [-0.39, 0.29) is 5.41 Å². The van der Waals surface area contributed by atoms with Crippen LogP contribution in [0.2, 0.25) is 0 Å². The number of nitrogens with zero attached hydrogens (tertiary/aromatic N) is 1. The van der Waals surface area contributed by atoms with Gasteiger partial charge in [-0.2, -0.15) is 0 Å². The highest BCUT2D eigenvalue weighted by Gasteiger charge is 2.65. The summed E-state index contributed by atoms with van der Waals surface area (Å²) < 4.78 is 13.4. The van der Waals surface area contributed by atoms with Gasteiger partial charge in [0.15, 0.2) is 5.60 Å². The standard InChI is InChI=1S/C43H41NO2/c1-41(2)29-21-23-42(37(41)25-29)36-14-10-9-13-33(36)38-32-20-19-31(45-5)26-35(32)40-34(39(38)42)22-24-43(46-40,27-11-7-6-8-12-27)28-15-17-30(18-16-28)44(3)4/h6-20,22,24,26,29,37H,21,23,25H2,1-5H3. The lowest BCUT2D eigenvalue weighted by Gasteiger charge is -2.65. The molecule has 5 aromatic rings. The predicted octanol–water partition coefficient (Wildman–Crippen LogP) is 9.99. The molecular formula is C43H41NO2. The Morgan fingerprint density at radius 1 is 0.826 bits per heavy atom. The number of hydrogen-bond acceptors (Lipinski definition) is 3. The molecule has 2 bridgehead atoms. The van der Waals surface area contributed by atoms with E-state index in [2.05, 4.69) is 142 Å². The van der Waals surface area contributed by atoms with Crippen LogP contribution >= 0.6 is 0 Å². The Labute approximate surface area is 272 Å². The number of hydrogen-bond donors (Lipinski definition) is 0. The van der Waals surface area contributed by atoms with Crippen LogP contribution in [-0.2, 0) is 11.0 Å². The Hall–Kier alpha value is -4.50. The van der Waals surface area contributed by atoms with Gasteiger partial charge in [0.25, 0.3) is 0 Å². The molecule has 4 unspecified atom stereocenters. The van der Waals surface area contributed by atoms with E-state index < -0.39 is 5.60 Å². The third kappa shape index (κ3) is 3.44. The molecule has 5 aromatic carbocycles. The van der Waals surface area contributed by atoms with Crippen LogP contribution in [0.15, 0.2) is 103 Å². The largest absolute Gasteiger partial charge is 0.497 e. The van der Waals surface area contributed by atoms with Gasteiger partial charge in [0.1, 0.15) is 11.5 Å². The first-order valence-electron chi connectivity index (χ1n) is 16.8. The fourth-order valence-electron chi connectivity index (χ4n) is 9.93. The first-order valence-corrected chi connectivity index (χ1v) is 16.8. The van der Waals surface area contributed by atoms with Crippen molar-refractivity contribution in [2.45, 2.75) is 44.1 Å². The third-order valence-corrected chi connectivity index (χ3v) is 12.3. The molecule has 10 rings (SSSR count). The molecule has 230 valence electrons. The maximum Gasteiger partial charge on any atom is 0.178 e. The van der Waals surface area contributed by atoms with E-state index >= 15 is 0 Å². The summed E-state index contributed by atoms with van der Waals surface area (Å²) in [4.78, 5) is 2.14. The number of benzene rings is 5. The SMILES string of the molecule is COc1ccc2c3c(c4c(c2c1)OC(c1ccccc1)(c1ccc(N(C)C)cc1)C=C4)C1(CCC2CC1C2(C)C)c1ccccc1-3. The van der Waals surface area contributed by atoms with Crippen molar-refractivity contribution in [3.8, 4) is 22.6 Å². The minimum atomic E-state index is -0.782. The van der Waals surface area contributed by atoms with Gasteiger partial charge in [-0.1, -0.05) is 86.7 Å². The summed E-state index contributed by atoms with van der Waals surface area (Å²) in [7, 11) is 5.92. The average Bonchev–Trinajstić information content (AvgIpc) is 3.37. The maximum atomic E-state index is 7.61. The third-order valence-electron chi connectivity index (χ3n) is 12.3. The summed E-state index contributed by atoms with van der Waals surface area (Å²) in [5.41, 5.74) is 9.90. The van der Waals surface area contributed by atoms with Crippen molar-refractivity contribution < 1.29 is 9.47 Å². The second-order valence-corrected chi connectivity index (χ2v) is 14.7. The van der Waals surface area contributed by atoms with Crippen LogP contribution in [0.3, 0.4) is 0 Å². The molecule has 1 spiro atoms. The van der Waals surface area contributed by atoms with Crippen LogP contribution in [0.4, 0.5) is 5.69 Å². The zero-order chi connectivity index (χ0) is 31.4. The fourth-order valence-corrected chi connectivity index (χ4v) is 9.93. The highest BCUT2D eigenvalue weighted by molar-refractivity contribution is 6.09. The van der Waals surface area contributed by atoms with Crippen molar-refractivity contribution in [3.05, 3.63) is 131 Å². The van der Waals surface area contributed by atoms with Gasteiger partial charge in [0, 0.05) is 47.3 Å².